The Balaban J connectivity index is 1.82. The van der Waals surface area contributed by atoms with Gasteiger partial charge in [-0.1, -0.05) is 6.07 Å². The first kappa shape index (κ1) is 17.8. The number of aryl methyl sites for hydroxylation is 2. The lowest BCUT2D eigenvalue weighted by molar-refractivity contribution is 0.473. The number of pyridine rings is 1. The van der Waals surface area contributed by atoms with Crippen LogP contribution in [0.1, 0.15) is 36.3 Å². The fraction of sp³-hybridized carbons (Fsp3) is 0.471. The topological polar surface area (TPSA) is 88.1 Å². The molecule has 0 saturated carbocycles. The number of sulfonamides is 1. The molecule has 2 aromatic rings. The second-order valence-electron chi connectivity index (χ2n) is 6.26. The molecular weight excluding hydrogens is 338 g/mol. The third-order valence-electron chi connectivity index (χ3n) is 4.44. The van der Waals surface area contributed by atoms with Gasteiger partial charge in [0.05, 0.1) is 11.4 Å². The summed E-state index contributed by atoms with van der Waals surface area (Å²) in [5, 5.41) is 3.24. The fourth-order valence-corrected chi connectivity index (χ4v) is 4.16. The molecule has 7 nitrogen and oxygen atoms in total. The van der Waals surface area contributed by atoms with Crippen LogP contribution in [0.2, 0.25) is 0 Å². The summed E-state index contributed by atoms with van der Waals surface area (Å²) in [7, 11) is -3.15. The first-order chi connectivity index (χ1) is 11.9. The molecule has 134 valence electrons. The number of anilines is 2. The van der Waals surface area contributed by atoms with Gasteiger partial charge in [-0.05, 0) is 38.8 Å². The summed E-state index contributed by atoms with van der Waals surface area (Å²) in [6, 6.07) is 5.76. The van der Waals surface area contributed by atoms with Gasteiger partial charge in [-0.2, -0.15) is 0 Å². The summed E-state index contributed by atoms with van der Waals surface area (Å²) >= 11 is 0. The molecule has 1 aliphatic rings. The van der Waals surface area contributed by atoms with Crippen LogP contribution in [-0.4, -0.2) is 46.5 Å². The molecule has 25 heavy (non-hydrogen) atoms. The molecule has 1 fully saturated rings. The normalized spacial score (nSPS) is 18.4. The number of nitrogens with one attached hydrogen (secondary N) is 1. The van der Waals surface area contributed by atoms with Crippen molar-refractivity contribution in [1.82, 2.24) is 19.3 Å². The zero-order valence-electron chi connectivity index (χ0n) is 14.7. The largest absolute Gasteiger partial charge is 0.325 e. The van der Waals surface area contributed by atoms with Gasteiger partial charge in [-0.25, -0.2) is 27.7 Å². The van der Waals surface area contributed by atoms with E-state index in [4.69, 9.17) is 0 Å². The van der Waals surface area contributed by atoms with Crippen LogP contribution in [0.4, 0.5) is 11.6 Å². The summed E-state index contributed by atoms with van der Waals surface area (Å²) in [5.74, 6) is 2.32. The molecule has 8 heteroatoms. The van der Waals surface area contributed by atoms with E-state index in [2.05, 4.69) is 20.3 Å². The van der Waals surface area contributed by atoms with E-state index >= 15 is 0 Å². The van der Waals surface area contributed by atoms with Gasteiger partial charge in [0.15, 0.2) is 0 Å². The van der Waals surface area contributed by atoms with Crippen LogP contribution in [0, 0.1) is 13.8 Å². The molecule has 0 spiro atoms. The highest BCUT2D eigenvalue weighted by molar-refractivity contribution is 7.89. The maximum atomic E-state index is 12.1. The molecule has 0 aliphatic carbocycles. The highest BCUT2D eigenvalue weighted by atomic mass is 32.2. The average molecular weight is 361 g/mol. The van der Waals surface area contributed by atoms with E-state index in [0.29, 0.717) is 24.7 Å². The minimum absolute atomic E-state index is 0.0911. The van der Waals surface area contributed by atoms with Crippen LogP contribution in [0.5, 0.6) is 0 Å². The van der Waals surface area contributed by atoms with Crippen LogP contribution < -0.4 is 5.32 Å². The van der Waals surface area contributed by atoms with Crippen molar-refractivity contribution in [3.63, 3.8) is 0 Å². The summed E-state index contributed by atoms with van der Waals surface area (Å²) in [5.41, 5.74) is 1.90. The lowest BCUT2D eigenvalue weighted by Gasteiger charge is -2.16. The summed E-state index contributed by atoms with van der Waals surface area (Å²) in [4.78, 5) is 13.3. The van der Waals surface area contributed by atoms with Gasteiger partial charge in [-0.15, -0.1) is 0 Å². The molecule has 3 rings (SSSR count). The fourth-order valence-electron chi connectivity index (χ4n) is 3.01. The molecule has 0 radical (unpaired) electrons. The zero-order valence-corrected chi connectivity index (χ0v) is 15.5. The third kappa shape index (κ3) is 3.96. The van der Waals surface area contributed by atoms with Crippen molar-refractivity contribution >= 4 is 21.7 Å². The van der Waals surface area contributed by atoms with E-state index in [9.17, 15) is 8.42 Å². The maximum absolute atomic E-state index is 12.1. The van der Waals surface area contributed by atoms with Crippen LogP contribution in [-0.2, 0) is 10.0 Å². The predicted molar refractivity (Wildman–Crippen MR) is 97.4 cm³/mol. The monoisotopic (exact) mass is 361 g/mol. The predicted octanol–water partition coefficient (Wildman–Crippen LogP) is 2.37. The summed E-state index contributed by atoms with van der Waals surface area (Å²) in [6.07, 6.45) is 2.51. The van der Waals surface area contributed by atoms with Crippen LogP contribution in [0.25, 0.3) is 0 Å². The molecule has 0 aromatic carbocycles. The molecule has 0 bridgehead atoms. The number of rotatable bonds is 5. The first-order valence-corrected chi connectivity index (χ1v) is 10.0. The molecule has 1 atom stereocenters. The van der Waals surface area contributed by atoms with Crippen molar-refractivity contribution in [1.29, 1.82) is 0 Å². The lowest BCUT2D eigenvalue weighted by Crippen LogP contribution is -2.30. The molecule has 0 amide bonds. The highest BCUT2D eigenvalue weighted by Gasteiger charge is 2.32. The maximum Gasteiger partial charge on any atom is 0.213 e. The van der Waals surface area contributed by atoms with Crippen molar-refractivity contribution in [2.24, 2.45) is 0 Å². The number of hydrogen-bond acceptors (Lipinski definition) is 6. The van der Waals surface area contributed by atoms with E-state index < -0.39 is 10.0 Å². The van der Waals surface area contributed by atoms with Crippen molar-refractivity contribution < 1.29 is 8.42 Å². The lowest BCUT2D eigenvalue weighted by atomic mass is 10.0. The van der Waals surface area contributed by atoms with Crippen LogP contribution >= 0.6 is 0 Å². The Labute approximate surface area is 148 Å². The van der Waals surface area contributed by atoms with Gasteiger partial charge in [0.2, 0.25) is 10.0 Å². The van der Waals surface area contributed by atoms with E-state index in [1.54, 1.807) is 17.4 Å². The molecule has 1 unspecified atom stereocenters. The van der Waals surface area contributed by atoms with Gasteiger partial charge in [0, 0.05) is 31.3 Å². The van der Waals surface area contributed by atoms with E-state index in [-0.39, 0.29) is 11.7 Å². The SMILES string of the molecule is CCS(=O)(=O)N1CCC(c2cc(Nc3ncccc3C)nc(C)n2)C1. The quantitative estimate of drug-likeness (QED) is 0.880. The molecular formula is C17H23N5O2S. The summed E-state index contributed by atoms with van der Waals surface area (Å²) < 4.78 is 25.7. The van der Waals surface area contributed by atoms with Gasteiger partial charge < -0.3 is 5.32 Å². The Morgan fingerprint density at radius 1 is 1.32 bits per heavy atom. The molecule has 1 N–H and O–H groups in total. The van der Waals surface area contributed by atoms with Crippen molar-refractivity contribution in [2.75, 3.05) is 24.2 Å². The van der Waals surface area contributed by atoms with Gasteiger partial charge in [0.1, 0.15) is 17.5 Å². The van der Waals surface area contributed by atoms with Crippen LogP contribution in [0.3, 0.4) is 0 Å². The molecule has 2 aromatic heterocycles. The van der Waals surface area contributed by atoms with E-state index in [1.807, 2.05) is 32.0 Å². The van der Waals surface area contributed by atoms with Crippen molar-refractivity contribution in [3.05, 3.63) is 41.5 Å². The highest BCUT2D eigenvalue weighted by Crippen LogP contribution is 2.29. The standard InChI is InChI=1S/C17H23N5O2S/c1-4-25(23,24)22-9-7-14(11-22)15-10-16(20-13(3)19-15)21-17-12(2)6-5-8-18-17/h5-6,8,10,14H,4,7,9,11H2,1-3H3,(H,18,19,20,21). The molecule has 1 saturated heterocycles. The Morgan fingerprint density at radius 3 is 2.84 bits per heavy atom. The number of aromatic nitrogens is 3. The Kier molecular flexibility index (Phi) is 5.01. The van der Waals surface area contributed by atoms with Gasteiger partial charge in [-0.3, -0.25) is 0 Å². The number of hydrogen-bond donors (Lipinski definition) is 1. The number of nitrogens with zero attached hydrogens (tertiary/aromatic N) is 4. The Hall–Kier alpha value is -2.06. The molecule has 3 heterocycles. The first-order valence-electron chi connectivity index (χ1n) is 8.41. The third-order valence-corrected chi connectivity index (χ3v) is 6.29. The Morgan fingerprint density at radius 2 is 2.12 bits per heavy atom. The molecule has 1 aliphatic heterocycles. The van der Waals surface area contributed by atoms with E-state index in [1.165, 1.54) is 0 Å². The van der Waals surface area contributed by atoms with Crippen molar-refractivity contribution in [2.45, 2.75) is 33.1 Å². The average Bonchev–Trinajstić information content (AvgIpc) is 3.07. The minimum atomic E-state index is -3.15. The second-order valence-corrected chi connectivity index (χ2v) is 8.52. The van der Waals surface area contributed by atoms with E-state index in [0.717, 1.165) is 23.5 Å². The van der Waals surface area contributed by atoms with Crippen LogP contribution in [0.15, 0.2) is 24.4 Å². The van der Waals surface area contributed by atoms with Crippen molar-refractivity contribution in [3.8, 4) is 0 Å². The van der Waals surface area contributed by atoms with Gasteiger partial charge >= 0.3 is 0 Å². The smallest absolute Gasteiger partial charge is 0.213 e. The summed E-state index contributed by atoms with van der Waals surface area (Å²) in [6.45, 7) is 6.53. The minimum Gasteiger partial charge on any atom is -0.325 e. The zero-order chi connectivity index (χ0) is 18.0. The van der Waals surface area contributed by atoms with Gasteiger partial charge in [0.25, 0.3) is 0 Å². The second kappa shape index (κ2) is 7.05. The Bertz CT molecular complexity index is 869.